The first-order valence-corrected chi connectivity index (χ1v) is 7.50. The lowest BCUT2D eigenvalue weighted by Crippen LogP contribution is -2.05. The van der Waals surface area contributed by atoms with E-state index in [9.17, 15) is 5.11 Å². The van der Waals surface area contributed by atoms with Crippen LogP contribution in [0.25, 0.3) is 5.13 Å². The SMILES string of the molecule is COc1ccc(Cc2c(CO)nnn2-c2nnc(C)s2)cc1. The van der Waals surface area contributed by atoms with Gasteiger partial charge in [0.15, 0.2) is 0 Å². The van der Waals surface area contributed by atoms with Crippen LogP contribution in [0.4, 0.5) is 0 Å². The number of hydrogen-bond donors (Lipinski definition) is 1. The molecule has 2 heterocycles. The van der Waals surface area contributed by atoms with Crippen LogP contribution in [0.5, 0.6) is 5.75 Å². The van der Waals surface area contributed by atoms with Gasteiger partial charge in [-0.05, 0) is 24.6 Å². The summed E-state index contributed by atoms with van der Waals surface area (Å²) in [5.41, 5.74) is 2.42. The summed E-state index contributed by atoms with van der Waals surface area (Å²) in [6.07, 6.45) is 0.589. The summed E-state index contributed by atoms with van der Waals surface area (Å²) in [5, 5.41) is 27.2. The van der Waals surface area contributed by atoms with Crippen LogP contribution in [-0.4, -0.2) is 37.4 Å². The van der Waals surface area contributed by atoms with E-state index in [0.29, 0.717) is 17.2 Å². The Kier molecular flexibility index (Phi) is 4.12. The van der Waals surface area contributed by atoms with Gasteiger partial charge in [0.1, 0.15) is 16.5 Å². The Labute approximate surface area is 131 Å². The zero-order valence-corrected chi connectivity index (χ0v) is 13.0. The highest BCUT2D eigenvalue weighted by Gasteiger charge is 2.16. The zero-order valence-electron chi connectivity index (χ0n) is 12.2. The Bertz CT molecular complexity index is 766. The van der Waals surface area contributed by atoms with E-state index in [1.165, 1.54) is 11.3 Å². The molecule has 0 atom stereocenters. The molecule has 3 rings (SSSR count). The van der Waals surface area contributed by atoms with E-state index in [1.54, 1.807) is 11.8 Å². The number of ether oxygens (including phenoxy) is 1. The number of aliphatic hydroxyl groups excluding tert-OH is 1. The molecular weight excluding hydrogens is 302 g/mol. The third kappa shape index (κ3) is 2.83. The van der Waals surface area contributed by atoms with Crippen LogP contribution in [-0.2, 0) is 13.0 Å². The molecule has 114 valence electrons. The smallest absolute Gasteiger partial charge is 0.234 e. The van der Waals surface area contributed by atoms with Crippen LogP contribution in [0.2, 0.25) is 0 Å². The largest absolute Gasteiger partial charge is 0.497 e. The van der Waals surface area contributed by atoms with E-state index in [-0.39, 0.29) is 6.61 Å². The molecule has 0 amide bonds. The highest BCUT2D eigenvalue weighted by atomic mass is 32.1. The van der Waals surface area contributed by atoms with E-state index in [4.69, 9.17) is 4.74 Å². The van der Waals surface area contributed by atoms with Crippen LogP contribution in [0.3, 0.4) is 0 Å². The van der Waals surface area contributed by atoms with Gasteiger partial charge < -0.3 is 9.84 Å². The fraction of sp³-hybridized carbons (Fsp3) is 0.286. The first-order valence-electron chi connectivity index (χ1n) is 6.69. The molecule has 0 radical (unpaired) electrons. The van der Waals surface area contributed by atoms with Gasteiger partial charge >= 0.3 is 0 Å². The van der Waals surface area contributed by atoms with Gasteiger partial charge in [-0.15, -0.1) is 15.3 Å². The van der Waals surface area contributed by atoms with Gasteiger partial charge in [-0.3, -0.25) is 0 Å². The van der Waals surface area contributed by atoms with Crippen LogP contribution < -0.4 is 4.74 Å². The van der Waals surface area contributed by atoms with Crippen molar-refractivity contribution in [3.63, 3.8) is 0 Å². The zero-order chi connectivity index (χ0) is 15.5. The molecule has 8 heteroatoms. The molecule has 2 aromatic heterocycles. The van der Waals surface area contributed by atoms with Gasteiger partial charge in [-0.2, -0.15) is 4.68 Å². The summed E-state index contributed by atoms with van der Waals surface area (Å²) in [5.74, 6) is 0.803. The third-order valence-corrected chi connectivity index (χ3v) is 4.03. The second kappa shape index (κ2) is 6.20. The second-order valence-electron chi connectivity index (χ2n) is 4.68. The molecular formula is C14H15N5O2S. The van der Waals surface area contributed by atoms with Crippen molar-refractivity contribution in [2.45, 2.75) is 20.0 Å². The molecule has 1 aromatic carbocycles. The molecule has 22 heavy (non-hydrogen) atoms. The molecule has 0 bridgehead atoms. The van der Waals surface area contributed by atoms with E-state index in [2.05, 4.69) is 20.5 Å². The standard InChI is InChI=1S/C14H15N5O2S/c1-9-15-17-14(22-9)19-13(12(8-20)16-18-19)7-10-3-5-11(21-2)6-4-10/h3-6,20H,7-8H2,1-2H3. The molecule has 3 aromatic rings. The van der Waals surface area contributed by atoms with Gasteiger partial charge in [-0.25, -0.2) is 0 Å². The maximum atomic E-state index is 9.48. The van der Waals surface area contributed by atoms with Crippen molar-refractivity contribution in [2.75, 3.05) is 7.11 Å². The molecule has 0 saturated heterocycles. The van der Waals surface area contributed by atoms with Crippen molar-refractivity contribution in [2.24, 2.45) is 0 Å². The average molecular weight is 317 g/mol. The Balaban J connectivity index is 1.95. The predicted molar refractivity (Wildman–Crippen MR) is 81.3 cm³/mol. The minimum Gasteiger partial charge on any atom is -0.497 e. The van der Waals surface area contributed by atoms with Crippen molar-refractivity contribution in [3.05, 3.63) is 46.2 Å². The van der Waals surface area contributed by atoms with Crippen molar-refractivity contribution < 1.29 is 9.84 Å². The molecule has 0 spiro atoms. The van der Waals surface area contributed by atoms with Gasteiger partial charge in [0.25, 0.3) is 0 Å². The number of aryl methyl sites for hydroxylation is 1. The molecule has 0 saturated carbocycles. The van der Waals surface area contributed by atoms with E-state index < -0.39 is 0 Å². The van der Waals surface area contributed by atoms with Crippen LogP contribution in [0.15, 0.2) is 24.3 Å². The van der Waals surface area contributed by atoms with Crippen LogP contribution in [0.1, 0.15) is 22.0 Å². The Morgan fingerprint density at radius 3 is 2.55 bits per heavy atom. The summed E-state index contributed by atoms with van der Waals surface area (Å²) in [6, 6.07) is 7.75. The Morgan fingerprint density at radius 2 is 1.95 bits per heavy atom. The summed E-state index contributed by atoms with van der Waals surface area (Å²) in [7, 11) is 1.63. The highest BCUT2D eigenvalue weighted by Crippen LogP contribution is 2.21. The Hall–Kier alpha value is -2.32. The lowest BCUT2D eigenvalue weighted by molar-refractivity contribution is 0.275. The first kappa shape index (κ1) is 14.6. The lowest BCUT2D eigenvalue weighted by atomic mass is 10.1. The maximum Gasteiger partial charge on any atom is 0.234 e. The normalized spacial score (nSPS) is 10.9. The number of hydrogen-bond acceptors (Lipinski definition) is 7. The summed E-state index contributed by atoms with van der Waals surface area (Å²) in [4.78, 5) is 0. The Morgan fingerprint density at radius 1 is 1.18 bits per heavy atom. The lowest BCUT2D eigenvalue weighted by Gasteiger charge is -2.06. The number of benzene rings is 1. The van der Waals surface area contributed by atoms with Crippen molar-refractivity contribution in [1.82, 2.24) is 25.2 Å². The summed E-state index contributed by atoms with van der Waals surface area (Å²) in [6.45, 7) is 1.72. The van der Waals surface area contributed by atoms with E-state index in [1.807, 2.05) is 31.2 Å². The molecule has 0 aliphatic carbocycles. The molecule has 0 fully saturated rings. The predicted octanol–water partition coefficient (Wildman–Crippen LogP) is 1.52. The molecule has 7 nitrogen and oxygen atoms in total. The monoisotopic (exact) mass is 317 g/mol. The molecule has 0 aliphatic heterocycles. The van der Waals surface area contributed by atoms with E-state index >= 15 is 0 Å². The van der Waals surface area contributed by atoms with E-state index in [0.717, 1.165) is 22.0 Å². The first-order chi connectivity index (χ1) is 10.7. The molecule has 0 aliphatic rings. The van der Waals surface area contributed by atoms with Gasteiger partial charge in [0, 0.05) is 6.42 Å². The van der Waals surface area contributed by atoms with Gasteiger partial charge in [0.05, 0.1) is 19.4 Å². The van der Waals surface area contributed by atoms with Crippen LogP contribution >= 0.6 is 11.3 Å². The number of aliphatic hydroxyl groups is 1. The highest BCUT2D eigenvalue weighted by molar-refractivity contribution is 7.13. The fourth-order valence-electron chi connectivity index (χ4n) is 2.09. The molecule has 1 N–H and O–H groups in total. The van der Waals surface area contributed by atoms with Crippen molar-refractivity contribution >= 4 is 11.3 Å². The number of rotatable bonds is 5. The van der Waals surface area contributed by atoms with Crippen LogP contribution in [0, 0.1) is 6.92 Å². The third-order valence-electron chi connectivity index (χ3n) is 3.22. The van der Waals surface area contributed by atoms with Crippen molar-refractivity contribution in [3.8, 4) is 10.9 Å². The van der Waals surface area contributed by atoms with Crippen molar-refractivity contribution in [1.29, 1.82) is 0 Å². The number of nitrogens with zero attached hydrogens (tertiary/aromatic N) is 5. The average Bonchev–Trinajstić information content (AvgIpc) is 3.14. The minimum atomic E-state index is -0.163. The number of aromatic nitrogens is 5. The quantitative estimate of drug-likeness (QED) is 0.768. The molecule has 0 unspecified atom stereocenters. The minimum absolute atomic E-state index is 0.163. The maximum absolute atomic E-state index is 9.48. The summed E-state index contributed by atoms with van der Waals surface area (Å²) < 4.78 is 6.80. The second-order valence-corrected chi connectivity index (χ2v) is 5.84. The van der Waals surface area contributed by atoms with Gasteiger partial charge in [-0.1, -0.05) is 28.7 Å². The number of methoxy groups -OCH3 is 1. The van der Waals surface area contributed by atoms with Gasteiger partial charge in [0.2, 0.25) is 5.13 Å². The topological polar surface area (TPSA) is 86.0 Å². The fourth-order valence-corrected chi connectivity index (χ4v) is 2.76. The summed E-state index contributed by atoms with van der Waals surface area (Å²) >= 11 is 1.43.